The maximum Gasteiger partial charge on any atom is 0.369 e. The number of benzene rings is 6. The van der Waals surface area contributed by atoms with Gasteiger partial charge in [0.15, 0.2) is 0 Å². The highest BCUT2D eigenvalue weighted by Gasteiger charge is 2.13. The van der Waals surface area contributed by atoms with Crippen LogP contribution in [0.25, 0.3) is 0 Å². The Hall–Kier alpha value is -3.40. The van der Waals surface area contributed by atoms with Gasteiger partial charge in [-0.1, -0.05) is 84.9 Å². The van der Waals surface area contributed by atoms with E-state index >= 15 is 0 Å². The third-order valence-electron chi connectivity index (χ3n) is 6.46. The van der Waals surface area contributed by atoms with E-state index in [0.717, 1.165) is 39.9 Å². The molecule has 0 heterocycles. The summed E-state index contributed by atoms with van der Waals surface area (Å²) in [5.41, 5.74) is 6.37. The first-order valence-corrected chi connectivity index (χ1v) is 18.5. The van der Waals surface area contributed by atoms with Crippen LogP contribution in [-0.4, -0.2) is 20.7 Å². The van der Waals surface area contributed by atoms with E-state index in [2.05, 4.69) is 112 Å². The van der Waals surface area contributed by atoms with Crippen molar-refractivity contribution in [3.8, 4) is 11.5 Å². The minimum atomic E-state index is 0.194. The highest BCUT2D eigenvalue weighted by atomic mass is 79.9. The van der Waals surface area contributed by atoms with Crippen LogP contribution in [0.2, 0.25) is 0 Å². The number of nitrogens with zero attached hydrogens (tertiary/aromatic N) is 2. The van der Waals surface area contributed by atoms with E-state index in [-0.39, 0.29) is 14.3 Å². The second-order valence-corrected chi connectivity index (χ2v) is 16.8. The van der Waals surface area contributed by atoms with Crippen molar-refractivity contribution in [3.63, 3.8) is 0 Å². The zero-order chi connectivity index (χ0) is 34.6. The van der Waals surface area contributed by atoms with Crippen LogP contribution < -0.4 is 14.5 Å². The number of alkyl halides is 2. The molecule has 6 aromatic rings. The Kier molecular flexibility index (Phi) is 18.1. The molecular weight excluding hydrogens is 838 g/mol. The number of hydrogen-bond acceptors (Lipinski definition) is 4. The molecule has 0 aliphatic rings. The number of ether oxygens (including phenoxy) is 1. The van der Waals surface area contributed by atoms with Crippen molar-refractivity contribution in [2.24, 2.45) is 0 Å². The van der Waals surface area contributed by atoms with E-state index in [1.165, 1.54) is 0 Å². The Morgan fingerprint density at radius 3 is 1.10 bits per heavy atom. The third-order valence-corrected chi connectivity index (χ3v) is 6.46. The molecule has 0 aliphatic carbocycles. The van der Waals surface area contributed by atoms with Gasteiger partial charge in [0, 0.05) is 46.3 Å². The first kappa shape index (κ1) is 39.0. The molecule has 0 amide bonds. The number of phenols is 1. The molecule has 0 aliphatic heterocycles. The smallest absolute Gasteiger partial charge is 0.369 e. The molecule has 0 aromatic heterocycles. The van der Waals surface area contributed by atoms with Crippen LogP contribution in [-0.2, 0) is 0 Å². The molecule has 10 heteroatoms. The van der Waals surface area contributed by atoms with Crippen LogP contribution in [0.15, 0.2) is 170 Å². The number of para-hydroxylation sites is 4. The van der Waals surface area contributed by atoms with Crippen molar-refractivity contribution in [1.29, 1.82) is 0 Å². The van der Waals surface area contributed by atoms with Gasteiger partial charge >= 0.3 is 3.18 Å². The molecule has 6 rings (SSSR count). The molecule has 0 radical (unpaired) electrons. The SMILES string of the molecule is BrB(Br)Br.COc1cccc(N(c2ccccc2)c2ccccc2)c1.ClCCl.Oc1cccc(N(c2ccccc2)c2ccccc2)c1. The average molecular weight is 872 g/mol. The van der Waals surface area contributed by atoms with E-state index in [0.29, 0.717) is 0 Å². The minimum Gasteiger partial charge on any atom is -0.508 e. The van der Waals surface area contributed by atoms with Crippen molar-refractivity contribution in [2.75, 3.05) is 22.2 Å². The van der Waals surface area contributed by atoms with E-state index in [9.17, 15) is 5.11 Å². The lowest BCUT2D eigenvalue weighted by molar-refractivity contribution is 0.415. The summed E-state index contributed by atoms with van der Waals surface area (Å²) in [6, 6.07) is 56.3. The Balaban J connectivity index is 0.000000219. The van der Waals surface area contributed by atoms with Crippen molar-refractivity contribution in [3.05, 3.63) is 170 Å². The summed E-state index contributed by atoms with van der Waals surface area (Å²) in [6.07, 6.45) is 0. The molecule has 0 saturated heterocycles. The molecule has 48 heavy (non-hydrogen) atoms. The van der Waals surface area contributed by atoms with Gasteiger partial charge in [0.25, 0.3) is 0 Å². The van der Waals surface area contributed by atoms with Crippen LogP contribution in [0.1, 0.15) is 0 Å². The monoisotopic (exact) mass is 868 g/mol. The zero-order valence-electron chi connectivity index (χ0n) is 26.1. The lowest BCUT2D eigenvalue weighted by atomic mass is 10.2. The van der Waals surface area contributed by atoms with Gasteiger partial charge in [0.1, 0.15) is 11.5 Å². The normalized spacial score (nSPS) is 9.62. The van der Waals surface area contributed by atoms with E-state index in [4.69, 9.17) is 27.9 Å². The van der Waals surface area contributed by atoms with Crippen molar-refractivity contribution in [1.82, 2.24) is 0 Å². The Morgan fingerprint density at radius 2 is 0.792 bits per heavy atom. The molecular formula is C38H34BBr3Cl2N2O2. The molecule has 1 N–H and O–H groups in total. The zero-order valence-corrected chi connectivity index (χ0v) is 32.4. The fourth-order valence-electron chi connectivity index (χ4n) is 4.58. The Labute approximate surface area is 318 Å². The molecule has 0 fully saturated rings. The fourth-order valence-corrected chi connectivity index (χ4v) is 4.58. The highest BCUT2D eigenvalue weighted by Crippen LogP contribution is 2.36. The van der Waals surface area contributed by atoms with E-state index < -0.39 is 0 Å². The van der Waals surface area contributed by atoms with Crippen LogP contribution >= 0.6 is 70.5 Å². The van der Waals surface area contributed by atoms with Gasteiger partial charge in [-0.15, -0.1) is 70.5 Å². The van der Waals surface area contributed by atoms with Crippen molar-refractivity contribution < 1.29 is 9.84 Å². The Morgan fingerprint density at radius 1 is 0.500 bits per heavy atom. The van der Waals surface area contributed by atoms with E-state index in [1.54, 1.807) is 19.2 Å². The van der Waals surface area contributed by atoms with Crippen LogP contribution in [0.3, 0.4) is 0 Å². The molecule has 0 unspecified atom stereocenters. The predicted molar refractivity (Wildman–Crippen MR) is 220 cm³/mol. The van der Waals surface area contributed by atoms with Crippen LogP contribution in [0, 0.1) is 0 Å². The summed E-state index contributed by atoms with van der Waals surface area (Å²) in [4.78, 5) is 4.32. The number of halogens is 5. The van der Waals surface area contributed by atoms with Crippen molar-refractivity contribution in [2.45, 2.75) is 0 Å². The largest absolute Gasteiger partial charge is 0.508 e. The quantitative estimate of drug-likeness (QED) is 0.128. The molecule has 0 saturated carbocycles. The minimum absolute atomic E-state index is 0.194. The number of hydrogen-bond donors (Lipinski definition) is 1. The molecule has 246 valence electrons. The number of anilines is 6. The van der Waals surface area contributed by atoms with Crippen LogP contribution in [0.5, 0.6) is 11.5 Å². The summed E-state index contributed by atoms with van der Waals surface area (Å²) in [7, 11) is 1.69. The number of phenolic OH excluding ortho intramolecular Hbond substituents is 1. The van der Waals surface area contributed by atoms with Gasteiger partial charge in [-0.3, -0.25) is 0 Å². The van der Waals surface area contributed by atoms with Gasteiger partial charge in [0.2, 0.25) is 0 Å². The lowest BCUT2D eigenvalue weighted by Gasteiger charge is -2.25. The number of aromatic hydroxyl groups is 1. The first-order chi connectivity index (χ1) is 23.4. The molecule has 0 bridgehead atoms. The molecule has 0 atom stereocenters. The van der Waals surface area contributed by atoms with Crippen molar-refractivity contribution >= 4 is 108 Å². The summed E-state index contributed by atoms with van der Waals surface area (Å²) < 4.78 is 5.62. The van der Waals surface area contributed by atoms with Gasteiger partial charge in [0.05, 0.1) is 12.4 Å². The van der Waals surface area contributed by atoms with Gasteiger partial charge < -0.3 is 19.6 Å². The first-order valence-electron chi connectivity index (χ1n) is 14.7. The number of methoxy groups -OCH3 is 1. The summed E-state index contributed by atoms with van der Waals surface area (Å²) in [5, 5.41) is 9.92. The molecule has 6 aromatic carbocycles. The fraction of sp³-hybridized carbons (Fsp3) is 0.0526. The third kappa shape index (κ3) is 13.2. The molecule has 0 spiro atoms. The van der Waals surface area contributed by atoms with Gasteiger partial charge in [-0.05, 0) is 72.8 Å². The standard InChI is InChI=1S/C19H17NO.C18H15NO.CH2Cl2.BBr3/c1-21-19-14-8-13-18(15-19)20(16-9-4-2-5-10-16)17-11-6-3-7-12-17;20-18-13-7-12-17(14-18)19(15-8-3-1-4-9-15)16-10-5-2-6-11-16;2-1-3;2-1(3)4/h2-15H,1H3;1-14,20H;1H2;. The highest BCUT2D eigenvalue weighted by molar-refractivity contribution is 9.69. The summed E-state index contributed by atoms with van der Waals surface area (Å²) in [6.45, 7) is 0. The second-order valence-electron chi connectivity index (χ2n) is 9.58. The second kappa shape index (κ2) is 22.3. The molecule has 4 nitrogen and oxygen atoms in total. The number of rotatable bonds is 7. The van der Waals surface area contributed by atoms with E-state index in [1.807, 2.05) is 103 Å². The summed E-state index contributed by atoms with van der Waals surface area (Å²) in [5.74, 6) is 1.11. The average Bonchev–Trinajstić information content (AvgIpc) is 3.11. The van der Waals surface area contributed by atoms with Gasteiger partial charge in [-0.2, -0.15) is 0 Å². The van der Waals surface area contributed by atoms with Gasteiger partial charge in [-0.25, -0.2) is 0 Å². The predicted octanol–water partition coefficient (Wildman–Crippen LogP) is 13.6. The summed E-state index contributed by atoms with van der Waals surface area (Å²) >= 11 is 18.8. The topological polar surface area (TPSA) is 35.9 Å². The Bertz CT molecular complexity index is 1640. The maximum atomic E-state index is 9.73. The maximum absolute atomic E-state index is 9.73. The van der Waals surface area contributed by atoms with Crippen LogP contribution in [0.4, 0.5) is 34.1 Å². The lowest BCUT2D eigenvalue weighted by Crippen LogP contribution is -2.09.